The van der Waals surface area contributed by atoms with Crippen molar-refractivity contribution in [2.45, 2.75) is 71.2 Å². The van der Waals surface area contributed by atoms with Crippen LogP contribution in [-0.2, 0) is 14.3 Å². The summed E-state index contributed by atoms with van der Waals surface area (Å²) in [6.07, 6.45) is 6.34. The number of ketones is 1. The maximum absolute atomic E-state index is 11.1. The first-order chi connectivity index (χ1) is 8.03. The Labute approximate surface area is 104 Å². The Morgan fingerprint density at radius 1 is 1.24 bits per heavy atom. The largest absolute Gasteiger partial charge is 0.376 e. The normalized spacial score (nSPS) is 35.8. The SMILES string of the molecule is CCC(=O)COC1CC2(C1)CC(OC(C)C)C2. The van der Waals surface area contributed by atoms with Crippen LogP contribution >= 0.6 is 0 Å². The lowest BCUT2D eigenvalue weighted by Gasteiger charge is -2.57. The molecule has 0 aliphatic heterocycles. The van der Waals surface area contributed by atoms with Gasteiger partial charge in [0, 0.05) is 6.42 Å². The first-order valence-electron chi connectivity index (χ1n) is 6.82. The van der Waals surface area contributed by atoms with Crippen molar-refractivity contribution in [2.75, 3.05) is 6.61 Å². The van der Waals surface area contributed by atoms with Crippen LogP contribution in [0.25, 0.3) is 0 Å². The molecule has 1 spiro atoms. The Bertz CT molecular complexity index is 271. The molecule has 3 heteroatoms. The van der Waals surface area contributed by atoms with E-state index in [4.69, 9.17) is 9.47 Å². The topological polar surface area (TPSA) is 35.5 Å². The van der Waals surface area contributed by atoms with Gasteiger partial charge in [-0.3, -0.25) is 4.79 Å². The predicted molar refractivity (Wildman–Crippen MR) is 65.9 cm³/mol. The summed E-state index contributed by atoms with van der Waals surface area (Å²) in [7, 11) is 0. The standard InChI is InChI=1S/C14H24O3/c1-4-11(15)9-16-12-5-14(6-12)7-13(8-14)17-10(2)3/h10,12-13H,4-9H2,1-3H3. The number of carbonyl (C=O) groups is 1. The summed E-state index contributed by atoms with van der Waals surface area (Å²) in [5.74, 6) is 0.209. The first-order valence-corrected chi connectivity index (χ1v) is 6.82. The van der Waals surface area contributed by atoms with Gasteiger partial charge >= 0.3 is 0 Å². The fourth-order valence-electron chi connectivity index (χ4n) is 3.06. The highest BCUT2D eigenvalue weighted by Crippen LogP contribution is 2.57. The van der Waals surface area contributed by atoms with Gasteiger partial charge in [-0.25, -0.2) is 0 Å². The van der Waals surface area contributed by atoms with E-state index >= 15 is 0 Å². The molecule has 0 heterocycles. The molecule has 17 heavy (non-hydrogen) atoms. The molecule has 2 saturated carbocycles. The van der Waals surface area contributed by atoms with E-state index in [9.17, 15) is 4.79 Å². The van der Waals surface area contributed by atoms with E-state index in [0.717, 1.165) is 12.8 Å². The van der Waals surface area contributed by atoms with E-state index < -0.39 is 0 Å². The van der Waals surface area contributed by atoms with Gasteiger partial charge in [-0.15, -0.1) is 0 Å². The lowest BCUT2D eigenvalue weighted by molar-refractivity contribution is -0.185. The van der Waals surface area contributed by atoms with E-state index in [1.54, 1.807) is 0 Å². The summed E-state index contributed by atoms with van der Waals surface area (Å²) in [5, 5.41) is 0. The Hall–Kier alpha value is -0.410. The molecule has 2 fully saturated rings. The van der Waals surface area contributed by atoms with Crippen LogP contribution in [0.1, 0.15) is 52.9 Å². The Kier molecular flexibility index (Phi) is 3.88. The Morgan fingerprint density at radius 3 is 2.35 bits per heavy atom. The van der Waals surface area contributed by atoms with Crippen LogP contribution in [0, 0.1) is 5.41 Å². The van der Waals surface area contributed by atoms with Crippen LogP contribution in [-0.4, -0.2) is 30.7 Å². The zero-order chi connectivity index (χ0) is 12.5. The number of rotatable bonds is 6. The zero-order valence-corrected chi connectivity index (χ0v) is 11.2. The van der Waals surface area contributed by atoms with Crippen LogP contribution in [0.15, 0.2) is 0 Å². The second kappa shape index (κ2) is 5.07. The number of Topliss-reactive ketones (excluding diaryl/α,β-unsaturated/α-hetero) is 1. The molecule has 0 atom stereocenters. The van der Waals surface area contributed by atoms with E-state index in [1.165, 1.54) is 12.8 Å². The lowest BCUT2D eigenvalue weighted by Crippen LogP contribution is -2.54. The summed E-state index contributed by atoms with van der Waals surface area (Å²) in [6.45, 7) is 6.37. The van der Waals surface area contributed by atoms with Gasteiger partial charge in [-0.2, -0.15) is 0 Å². The number of ether oxygens (including phenoxy) is 2. The van der Waals surface area contributed by atoms with Crippen molar-refractivity contribution in [1.82, 2.24) is 0 Å². The minimum Gasteiger partial charge on any atom is -0.376 e. The van der Waals surface area contributed by atoms with Crippen LogP contribution in [0.3, 0.4) is 0 Å². The van der Waals surface area contributed by atoms with E-state index in [2.05, 4.69) is 13.8 Å². The average molecular weight is 240 g/mol. The molecule has 0 saturated heterocycles. The molecule has 0 aromatic heterocycles. The van der Waals surface area contributed by atoms with Gasteiger partial charge in [-0.05, 0) is 44.9 Å². The van der Waals surface area contributed by atoms with E-state index in [-0.39, 0.29) is 5.78 Å². The van der Waals surface area contributed by atoms with Crippen LogP contribution in [0.4, 0.5) is 0 Å². The second-order valence-electron chi connectivity index (χ2n) is 5.95. The molecule has 0 N–H and O–H groups in total. The third-order valence-electron chi connectivity index (χ3n) is 3.98. The lowest BCUT2D eigenvalue weighted by atomic mass is 9.53. The molecule has 0 aromatic rings. The maximum Gasteiger partial charge on any atom is 0.158 e. The number of carbonyl (C=O) groups excluding carboxylic acids is 1. The number of hydrogen-bond acceptors (Lipinski definition) is 3. The molecule has 2 aliphatic rings. The summed E-state index contributed by atoms with van der Waals surface area (Å²) in [6, 6.07) is 0. The highest BCUT2D eigenvalue weighted by molar-refractivity contribution is 5.79. The molecule has 0 bridgehead atoms. The van der Waals surface area contributed by atoms with Gasteiger partial charge in [-0.1, -0.05) is 6.92 Å². The molecule has 3 nitrogen and oxygen atoms in total. The Morgan fingerprint density at radius 2 is 1.82 bits per heavy atom. The third kappa shape index (κ3) is 3.08. The van der Waals surface area contributed by atoms with Crippen LogP contribution in [0.2, 0.25) is 0 Å². The summed E-state index contributed by atoms with van der Waals surface area (Å²) in [5.41, 5.74) is 0.499. The highest BCUT2D eigenvalue weighted by atomic mass is 16.5. The highest BCUT2D eigenvalue weighted by Gasteiger charge is 2.53. The summed E-state index contributed by atoms with van der Waals surface area (Å²) >= 11 is 0. The monoisotopic (exact) mass is 240 g/mol. The zero-order valence-electron chi connectivity index (χ0n) is 11.2. The predicted octanol–water partition coefficient (Wildman–Crippen LogP) is 2.72. The number of hydrogen-bond donors (Lipinski definition) is 0. The fourth-order valence-corrected chi connectivity index (χ4v) is 3.06. The first kappa shape index (κ1) is 13.0. The van der Waals surface area contributed by atoms with Gasteiger partial charge in [0.1, 0.15) is 6.61 Å². The van der Waals surface area contributed by atoms with Crippen LogP contribution in [0.5, 0.6) is 0 Å². The molecule has 98 valence electrons. The van der Waals surface area contributed by atoms with Gasteiger partial charge in [0.2, 0.25) is 0 Å². The van der Waals surface area contributed by atoms with Gasteiger partial charge in [0.05, 0.1) is 18.3 Å². The van der Waals surface area contributed by atoms with Crippen molar-refractivity contribution in [2.24, 2.45) is 5.41 Å². The fraction of sp³-hybridized carbons (Fsp3) is 0.929. The van der Waals surface area contributed by atoms with Crippen molar-refractivity contribution in [3.05, 3.63) is 0 Å². The second-order valence-corrected chi connectivity index (χ2v) is 5.95. The minimum atomic E-state index is 0.209. The Balaban J connectivity index is 1.59. The van der Waals surface area contributed by atoms with Crippen molar-refractivity contribution in [3.8, 4) is 0 Å². The third-order valence-corrected chi connectivity index (χ3v) is 3.98. The quantitative estimate of drug-likeness (QED) is 0.716. The molecular formula is C14H24O3. The van der Waals surface area contributed by atoms with Gasteiger partial charge in [0.25, 0.3) is 0 Å². The minimum absolute atomic E-state index is 0.209. The van der Waals surface area contributed by atoms with Gasteiger partial charge in [0.15, 0.2) is 5.78 Å². The molecule has 0 unspecified atom stereocenters. The summed E-state index contributed by atoms with van der Waals surface area (Å²) < 4.78 is 11.4. The van der Waals surface area contributed by atoms with Crippen molar-refractivity contribution in [3.63, 3.8) is 0 Å². The van der Waals surface area contributed by atoms with E-state index in [0.29, 0.717) is 36.8 Å². The van der Waals surface area contributed by atoms with E-state index in [1.807, 2.05) is 6.92 Å². The molecule has 0 radical (unpaired) electrons. The average Bonchev–Trinajstić information content (AvgIpc) is 2.16. The molecule has 0 amide bonds. The molecule has 0 aromatic carbocycles. The maximum atomic E-state index is 11.1. The van der Waals surface area contributed by atoms with Crippen molar-refractivity contribution in [1.29, 1.82) is 0 Å². The molecule has 2 aliphatic carbocycles. The summed E-state index contributed by atoms with van der Waals surface area (Å²) in [4.78, 5) is 11.1. The molecular weight excluding hydrogens is 216 g/mol. The molecule has 2 rings (SSSR count). The van der Waals surface area contributed by atoms with Crippen LogP contribution < -0.4 is 0 Å². The smallest absolute Gasteiger partial charge is 0.158 e. The van der Waals surface area contributed by atoms with Crippen molar-refractivity contribution < 1.29 is 14.3 Å². The van der Waals surface area contributed by atoms with Crippen molar-refractivity contribution >= 4 is 5.78 Å². The van der Waals surface area contributed by atoms with Gasteiger partial charge < -0.3 is 9.47 Å².